The summed E-state index contributed by atoms with van der Waals surface area (Å²) in [6, 6.07) is 3.90. The molecular weight excluding hydrogens is 1440 g/mol. The van der Waals surface area contributed by atoms with E-state index < -0.39 is 68.5 Å². The fourth-order valence-electron chi connectivity index (χ4n) is 13.8. The van der Waals surface area contributed by atoms with Gasteiger partial charge in [-0.15, -0.1) is 0 Å². The second-order valence-electron chi connectivity index (χ2n) is 26.2. The topological polar surface area (TPSA) is 380 Å². The van der Waals surface area contributed by atoms with Crippen LogP contribution in [0.2, 0.25) is 71.0 Å². The van der Waals surface area contributed by atoms with E-state index >= 15 is 0 Å². The maximum absolute atomic E-state index is 12.4. The van der Waals surface area contributed by atoms with Gasteiger partial charge in [0, 0.05) is 75.0 Å². The third kappa shape index (κ3) is 30.7. The number of carbonyl (C=O) groups is 8. The molecule has 0 saturated carbocycles. The SMILES string of the molecule is COC(=O)CCNCCC[Si]12C[Si]3(CCCNCCC(=O)OC)O[Si]4(CCCNCCC(=O)OC)C[Si]5(CCCNCCC(=O)OC)O[Si](CCCNCCC(=O)OC)(C[Si](CCCNCCC(=O)OC)(O1)O4)O[Si](CCCNCCC(=O)OC)(C[Si](CCCNCCC(=O)OC)(O3)O5)O2. The van der Waals surface area contributed by atoms with Crippen molar-refractivity contribution in [2.75, 3.05) is 162 Å². The summed E-state index contributed by atoms with van der Waals surface area (Å²) in [6.45, 7) is 7.22. The third-order valence-corrected chi connectivity index (χ3v) is 68.3. The van der Waals surface area contributed by atoms with Crippen LogP contribution in [0.25, 0.3) is 0 Å². The molecule has 0 aromatic heterocycles. The zero-order valence-electron chi connectivity index (χ0n) is 60.9. The van der Waals surface area contributed by atoms with Gasteiger partial charge in [-0.05, 0) is 152 Å². The van der Waals surface area contributed by atoms with Crippen molar-refractivity contribution in [3.63, 3.8) is 0 Å². The number of hydrogen-bond acceptors (Lipinski definition) is 32. The van der Waals surface area contributed by atoms with Crippen LogP contribution in [0.15, 0.2) is 0 Å². The third-order valence-electron chi connectivity index (χ3n) is 18.3. The van der Waals surface area contributed by atoms with E-state index in [1.54, 1.807) is 0 Å². The molecule has 0 radical (unpaired) electrons. The Morgan fingerprint density at radius 1 is 0.210 bits per heavy atom. The predicted molar refractivity (Wildman–Crippen MR) is 385 cm³/mol. The Morgan fingerprint density at radius 3 is 0.420 bits per heavy atom. The van der Waals surface area contributed by atoms with Crippen LogP contribution in [0, 0.1) is 0 Å². The average molecular weight is 1560 g/mol. The average Bonchev–Trinajstić information content (AvgIpc) is 0.688. The van der Waals surface area contributed by atoms with Gasteiger partial charge in [0.05, 0.1) is 108 Å². The summed E-state index contributed by atoms with van der Waals surface area (Å²) >= 11 is 0. The lowest BCUT2D eigenvalue weighted by Gasteiger charge is -2.66. The second kappa shape index (κ2) is 46.0. The van der Waals surface area contributed by atoms with E-state index in [0.29, 0.717) is 227 Å². The largest absolute Gasteiger partial charge is 0.469 e. The molecule has 0 spiro atoms. The van der Waals surface area contributed by atoms with Gasteiger partial charge in [-0.1, -0.05) is 0 Å². The maximum Gasteiger partial charge on any atom is 0.322 e. The van der Waals surface area contributed by atoms with Crippen LogP contribution in [-0.4, -0.2) is 278 Å². The Morgan fingerprint density at radius 2 is 0.320 bits per heavy atom. The summed E-state index contributed by atoms with van der Waals surface area (Å²) in [6.07, 6.45) is 6.11. The fraction of sp³-hybridized carbons (Fsp3) is 0.867. The van der Waals surface area contributed by atoms with Crippen molar-refractivity contribution in [1.29, 1.82) is 0 Å². The molecule has 0 aromatic rings. The quantitative estimate of drug-likeness (QED) is 0.0187. The highest BCUT2D eigenvalue weighted by molar-refractivity contribution is 7.13. The first-order valence-electron chi connectivity index (χ1n) is 35.9. The number of nitrogens with one attached hydrogen (secondary N) is 8. The second-order valence-corrected chi connectivity index (χ2v) is 57.0. The molecular formula is C60H120N8O24Si8. The molecule has 6 aliphatic rings. The lowest BCUT2D eigenvalue weighted by atomic mass is 10.4. The Bertz CT molecular complexity index is 1960. The summed E-state index contributed by atoms with van der Waals surface area (Å²) in [5.74, 6) is -2.63. The number of methoxy groups -OCH3 is 8. The maximum atomic E-state index is 12.4. The first kappa shape index (κ1) is 87.5. The number of rotatable bonds is 56. The first-order valence-corrected chi connectivity index (χ1v) is 53.8. The smallest absolute Gasteiger partial charge is 0.322 e. The molecule has 40 heteroatoms. The fourth-order valence-corrected chi connectivity index (χ4v) is 85.9. The van der Waals surface area contributed by atoms with E-state index in [-0.39, 0.29) is 99.1 Å². The molecule has 6 fully saturated rings. The Balaban J connectivity index is 1.86. The van der Waals surface area contributed by atoms with E-state index in [1.807, 2.05) is 0 Å². The highest BCUT2D eigenvalue weighted by Crippen LogP contribution is 2.58. The molecule has 0 unspecified atom stereocenters. The molecule has 6 rings (SSSR count). The molecule has 0 atom stereocenters. The molecule has 576 valence electrons. The molecule has 32 nitrogen and oxygen atoms in total. The van der Waals surface area contributed by atoms with Gasteiger partial charge in [-0.3, -0.25) is 38.4 Å². The lowest BCUT2D eigenvalue weighted by Crippen LogP contribution is -2.85. The van der Waals surface area contributed by atoms with Gasteiger partial charge >= 0.3 is 116 Å². The van der Waals surface area contributed by atoms with E-state index in [9.17, 15) is 38.4 Å². The Hall–Kier alpha value is -3.14. The normalized spacial score (nSPS) is 26.5. The van der Waals surface area contributed by atoms with E-state index in [2.05, 4.69) is 42.5 Å². The molecule has 0 aliphatic carbocycles. The Labute approximate surface area is 600 Å². The summed E-state index contributed by atoms with van der Waals surface area (Å²) < 4.78 is 109. The van der Waals surface area contributed by atoms with Crippen LogP contribution in [0.1, 0.15) is 103 Å². The molecule has 6 saturated heterocycles. The minimum absolute atomic E-state index is 0.178. The van der Waals surface area contributed by atoms with Crippen LogP contribution < -0.4 is 42.5 Å². The predicted octanol–water partition coefficient (Wildman–Crippen LogP) is 2.22. The van der Waals surface area contributed by atoms with Crippen molar-refractivity contribution in [2.45, 2.75) is 174 Å². The Kier molecular flexibility index (Phi) is 40.3. The number of carbonyl (C=O) groups excluding carboxylic acids is 8. The van der Waals surface area contributed by atoms with Crippen molar-refractivity contribution in [3.8, 4) is 0 Å². The highest BCUT2D eigenvalue weighted by Gasteiger charge is 2.78. The summed E-state index contributed by atoms with van der Waals surface area (Å²) in [7, 11) is -19.7. The number of hydrogen-bond donors (Lipinski definition) is 8. The van der Waals surface area contributed by atoms with Gasteiger partial charge in [0.2, 0.25) is 0 Å². The molecule has 6 heterocycles. The van der Waals surface area contributed by atoms with Gasteiger partial charge in [0.25, 0.3) is 0 Å². The number of esters is 8. The standard InChI is InChI=1S/C60H120N8O24Si8/c1-77-53(69)17-33-61-25-9-41-93-49-94(42-10-26-62-34-18-54(70)78-2)86-97(45-13-29-65-37-21-57(73)81-5)50-95(85-93,43-11-27-63-35-19-55(71)79-3)91-98(46-14-30-66-38-22-58(74)82-6)51-96(89-93,44-12-28-64-36-20-56(72)80-4)87-99(90-94,47-15-31-67-39-23-59(75)83-7)52-100(88-98,92-97)48-16-32-68-40-24-60(76)84-8/h61-68H,9-52H2,1-8H3. The van der Waals surface area contributed by atoms with Crippen molar-refractivity contribution >= 4 is 116 Å². The van der Waals surface area contributed by atoms with E-state index in [1.165, 1.54) is 56.9 Å². The summed E-state index contributed by atoms with van der Waals surface area (Å²) in [4.78, 5) is 99.5. The highest BCUT2D eigenvalue weighted by atomic mass is 28.6. The van der Waals surface area contributed by atoms with Gasteiger partial charge in [0.15, 0.2) is 0 Å². The zero-order valence-corrected chi connectivity index (χ0v) is 68.9. The van der Waals surface area contributed by atoms with Crippen molar-refractivity contribution in [3.05, 3.63) is 0 Å². The van der Waals surface area contributed by atoms with Gasteiger partial charge in [-0.25, -0.2) is 0 Å². The molecule has 8 N–H and O–H groups in total. The zero-order chi connectivity index (χ0) is 72.7. The van der Waals surface area contributed by atoms with Gasteiger partial charge < -0.3 is 113 Å². The van der Waals surface area contributed by atoms with Crippen LogP contribution >= 0.6 is 0 Å². The first-order chi connectivity index (χ1) is 48.1. The van der Waals surface area contributed by atoms with Crippen molar-refractivity contribution < 1.29 is 109 Å². The summed E-state index contributed by atoms with van der Waals surface area (Å²) in [5.41, 5.74) is 1.48. The van der Waals surface area contributed by atoms with Crippen LogP contribution in [0.3, 0.4) is 0 Å². The molecule has 100 heavy (non-hydrogen) atoms. The monoisotopic (exact) mass is 1560 g/mol. The lowest BCUT2D eigenvalue weighted by molar-refractivity contribution is -0.141. The molecule has 0 amide bonds. The minimum atomic E-state index is -3.83. The van der Waals surface area contributed by atoms with Crippen LogP contribution in [0.5, 0.6) is 0 Å². The van der Waals surface area contributed by atoms with E-state index in [0.717, 1.165) is 0 Å². The van der Waals surface area contributed by atoms with Gasteiger partial charge in [-0.2, -0.15) is 0 Å². The molecule has 6 aliphatic heterocycles. The van der Waals surface area contributed by atoms with Crippen LogP contribution in [0.4, 0.5) is 0 Å². The summed E-state index contributed by atoms with van der Waals surface area (Å²) in [5, 5.41) is 28.0. The van der Waals surface area contributed by atoms with Crippen molar-refractivity contribution in [2.24, 2.45) is 0 Å². The van der Waals surface area contributed by atoms with Gasteiger partial charge in [0.1, 0.15) is 0 Å². The van der Waals surface area contributed by atoms with Crippen molar-refractivity contribution in [1.82, 2.24) is 42.5 Å². The molecule has 0 aromatic carbocycles. The molecule has 8 bridgehead atoms. The van der Waals surface area contributed by atoms with Crippen LogP contribution in [-0.2, 0) is 109 Å². The minimum Gasteiger partial charge on any atom is -0.469 e. The number of ether oxygens (including phenoxy) is 8. The van der Waals surface area contributed by atoms with E-state index in [4.69, 9.17) is 70.8 Å².